The fraction of sp³-hybridized carbons (Fsp3) is 0.375. The summed E-state index contributed by atoms with van der Waals surface area (Å²) in [5, 5.41) is 2.27. The van der Waals surface area contributed by atoms with Gasteiger partial charge in [-0.15, -0.1) is 0 Å². The van der Waals surface area contributed by atoms with Crippen LogP contribution < -0.4 is 0 Å². The molecule has 0 radical (unpaired) electrons. The lowest BCUT2D eigenvalue weighted by molar-refractivity contribution is 0.936. The molecule has 4 heteroatoms. The van der Waals surface area contributed by atoms with Crippen molar-refractivity contribution in [2.45, 2.75) is 12.8 Å². The van der Waals surface area contributed by atoms with E-state index >= 15 is 0 Å². The van der Waals surface area contributed by atoms with Crippen molar-refractivity contribution in [2.75, 3.05) is 5.33 Å². The normalized spacial score (nSPS) is 10.2. The smallest absolute Gasteiger partial charge is 0.0636 e. The predicted octanol–water partition coefficient (Wildman–Crippen LogP) is 3.72. The molecule has 0 amide bonds. The summed E-state index contributed by atoms with van der Waals surface area (Å²) in [5.74, 6) is 0. The van der Waals surface area contributed by atoms with Gasteiger partial charge in [0.1, 0.15) is 0 Å². The first kappa shape index (κ1) is 10.3. The Bertz CT molecular complexity index is 245. The molecule has 0 atom stereocenters. The molecule has 0 N–H and O–H groups in total. The number of pyridine rings is 1. The van der Waals surface area contributed by atoms with Gasteiger partial charge in [0.15, 0.2) is 0 Å². The Hall–Kier alpha value is 0.210. The Labute approximate surface area is 90.2 Å². The van der Waals surface area contributed by atoms with Gasteiger partial charge in [-0.2, -0.15) is 0 Å². The SMILES string of the molecule is Clc1cncc(Cl)c1CCCBr. The molecular formula is C8H8BrCl2N. The van der Waals surface area contributed by atoms with Crippen molar-refractivity contribution in [3.8, 4) is 0 Å². The zero-order valence-corrected chi connectivity index (χ0v) is 9.45. The van der Waals surface area contributed by atoms with Crippen LogP contribution in [-0.2, 0) is 6.42 Å². The van der Waals surface area contributed by atoms with Crippen LogP contribution in [0, 0.1) is 0 Å². The highest BCUT2D eigenvalue weighted by atomic mass is 79.9. The van der Waals surface area contributed by atoms with Crippen LogP contribution in [0.5, 0.6) is 0 Å². The first-order chi connectivity index (χ1) is 5.75. The minimum Gasteiger partial charge on any atom is -0.262 e. The summed E-state index contributed by atoms with van der Waals surface area (Å²) in [5.41, 5.74) is 0.993. The number of alkyl halides is 1. The van der Waals surface area contributed by atoms with E-state index in [9.17, 15) is 0 Å². The predicted molar refractivity (Wildman–Crippen MR) is 56.4 cm³/mol. The minimum atomic E-state index is 0.656. The second kappa shape index (κ2) is 5.05. The molecule has 12 heavy (non-hydrogen) atoms. The lowest BCUT2D eigenvalue weighted by Crippen LogP contribution is -1.90. The molecule has 1 rings (SSSR count). The summed E-state index contributed by atoms with van der Waals surface area (Å²) in [6, 6.07) is 0. The molecule has 0 unspecified atom stereocenters. The quantitative estimate of drug-likeness (QED) is 0.762. The number of nitrogens with zero attached hydrogens (tertiary/aromatic N) is 1. The maximum Gasteiger partial charge on any atom is 0.0636 e. The van der Waals surface area contributed by atoms with Gasteiger partial charge in [-0.3, -0.25) is 4.98 Å². The summed E-state index contributed by atoms with van der Waals surface area (Å²) < 4.78 is 0. The monoisotopic (exact) mass is 267 g/mol. The third kappa shape index (κ3) is 2.61. The van der Waals surface area contributed by atoms with Crippen LogP contribution in [0.1, 0.15) is 12.0 Å². The van der Waals surface area contributed by atoms with Crippen LogP contribution >= 0.6 is 39.1 Å². The van der Waals surface area contributed by atoms with E-state index < -0.39 is 0 Å². The number of aromatic nitrogens is 1. The molecule has 66 valence electrons. The molecule has 0 aliphatic rings. The van der Waals surface area contributed by atoms with Crippen LogP contribution in [-0.4, -0.2) is 10.3 Å². The molecule has 1 heterocycles. The lowest BCUT2D eigenvalue weighted by Gasteiger charge is -2.03. The average Bonchev–Trinajstić information content (AvgIpc) is 2.04. The Balaban J connectivity index is 2.81. The minimum absolute atomic E-state index is 0.656. The van der Waals surface area contributed by atoms with Gasteiger partial charge >= 0.3 is 0 Å². The number of halogens is 3. The molecule has 0 spiro atoms. The molecular weight excluding hydrogens is 261 g/mol. The van der Waals surface area contributed by atoms with Crippen LogP contribution in [0.4, 0.5) is 0 Å². The van der Waals surface area contributed by atoms with Gasteiger partial charge in [0.25, 0.3) is 0 Å². The molecule has 0 saturated heterocycles. The number of rotatable bonds is 3. The molecule has 1 aromatic heterocycles. The van der Waals surface area contributed by atoms with Gasteiger partial charge in [-0.05, 0) is 18.4 Å². The largest absolute Gasteiger partial charge is 0.262 e. The van der Waals surface area contributed by atoms with Crippen molar-refractivity contribution >= 4 is 39.1 Å². The molecule has 1 nitrogen and oxygen atoms in total. The van der Waals surface area contributed by atoms with Gasteiger partial charge in [-0.25, -0.2) is 0 Å². The van der Waals surface area contributed by atoms with Crippen molar-refractivity contribution in [2.24, 2.45) is 0 Å². The summed E-state index contributed by atoms with van der Waals surface area (Å²) in [6.07, 6.45) is 5.17. The lowest BCUT2D eigenvalue weighted by atomic mass is 10.1. The Morgan fingerprint density at radius 1 is 1.25 bits per heavy atom. The average molecular weight is 269 g/mol. The Morgan fingerprint density at radius 3 is 2.33 bits per heavy atom. The zero-order chi connectivity index (χ0) is 8.97. The molecule has 0 fully saturated rings. The van der Waals surface area contributed by atoms with E-state index in [2.05, 4.69) is 20.9 Å². The molecule has 0 bridgehead atoms. The molecule has 0 saturated carbocycles. The van der Waals surface area contributed by atoms with Gasteiger partial charge in [0.05, 0.1) is 10.0 Å². The maximum atomic E-state index is 5.90. The van der Waals surface area contributed by atoms with Crippen LogP contribution in [0.3, 0.4) is 0 Å². The van der Waals surface area contributed by atoms with Crippen molar-refractivity contribution in [3.63, 3.8) is 0 Å². The fourth-order valence-corrected chi connectivity index (χ4v) is 1.75. The van der Waals surface area contributed by atoms with E-state index in [0.717, 1.165) is 23.7 Å². The topological polar surface area (TPSA) is 12.9 Å². The van der Waals surface area contributed by atoms with E-state index in [1.807, 2.05) is 0 Å². The van der Waals surface area contributed by atoms with Crippen molar-refractivity contribution in [3.05, 3.63) is 28.0 Å². The molecule has 0 aliphatic carbocycles. The van der Waals surface area contributed by atoms with Gasteiger partial charge in [0.2, 0.25) is 0 Å². The van der Waals surface area contributed by atoms with E-state index in [4.69, 9.17) is 23.2 Å². The highest BCUT2D eigenvalue weighted by Gasteiger charge is 2.04. The van der Waals surface area contributed by atoms with E-state index in [1.54, 1.807) is 12.4 Å². The van der Waals surface area contributed by atoms with Crippen LogP contribution in [0.2, 0.25) is 10.0 Å². The first-order valence-corrected chi connectivity index (χ1v) is 5.47. The second-order valence-corrected chi connectivity index (χ2v) is 3.98. The summed E-state index contributed by atoms with van der Waals surface area (Å²) in [4.78, 5) is 3.88. The second-order valence-electron chi connectivity index (χ2n) is 2.37. The molecule has 1 aromatic rings. The number of hydrogen-bond acceptors (Lipinski definition) is 1. The third-order valence-electron chi connectivity index (χ3n) is 1.51. The van der Waals surface area contributed by atoms with E-state index in [1.165, 1.54) is 0 Å². The van der Waals surface area contributed by atoms with Crippen molar-refractivity contribution in [1.29, 1.82) is 0 Å². The highest BCUT2D eigenvalue weighted by molar-refractivity contribution is 9.09. The summed E-state index contributed by atoms with van der Waals surface area (Å²) in [7, 11) is 0. The number of hydrogen-bond donors (Lipinski definition) is 0. The van der Waals surface area contributed by atoms with Crippen molar-refractivity contribution in [1.82, 2.24) is 4.98 Å². The third-order valence-corrected chi connectivity index (χ3v) is 2.72. The van der Waals surface area contributed by atoms with E-state index in [-0.39, 0.29) is 0 Å². The van der Waals surface area contributed by atoms with Crippen molar-refractivity contribution < 1.29 is 0 Å². The highest BCUT2D eigenvalue weighted by Crippen LogP contribution is 2.24. The van der Waals surface area contributed by atoms with Crippen LogP contribution in [0.25, 0.3) is 0 Å². The fourth-order valence-electron chi connectivity index (χ4n) is 0.920. The zero-order valence-electron chi connectivity index (χ0n) is 6.36. The standard InChI is InChI=1S/C8H8BrCl2N/c9-3-1-2-6-7(10)4-12-5-8(6)11/h4-5H,1-3H2. The summed E-state index contributed by atoms with van der Waals surface area (Å²) >= 11 is 15.2. The summed E-state index contributed by atoms with van der Waals surface area (Å²) in [6.45, 7) is 0. The van der Waals surface area contributed by atoms with Gasteiger partial charge in [-0.1, -0.05) is 39.1 Å². The maximum absolute atomic E-state index is 5.90. The van der Waals surface area contributed by atoms with Crippen LogP contribution in [0.15, 0.2) is 12.4 Å². The Morgan fingerprint density at radius 2 is 1.83 bits per heavy atom. The van der Waals surface area contributed by atoms with Gasteiger partial charge < -0.3 is 0 Å². The van der Waals surface area contributed by atoms with Gasteiger partial charge in [0, 0.05) is 17.7 Å². The molecule has 0 aromatic carbocycles. The van der Waals surface area contributed by atoms with E-state index in [0.29, 0.717) is 10.0 Å². The molecule has 0 aliphatic heterocycles. The first-order valence-electron chi connectivity index (χ1n) is 3.59. The Kier molecular flexibility index (Phi) is 4.33.